The molecule has 0 bridgehead atoms. The first-order chi connectivity index (χ1) is 8.89. The number of hydrogen-bond acceptors (Lipinski definition) is 3. The summed E-state index contributed by atoms with van der Waals surface area (Å²) in [7, 11) is 1.60. The van der Waals surface area contributed by atoms with Gasteiger partial charge in [0.05, 0.1) is 25.2 Å². The standard InChI is InChI=1S/C14H18N2O3/c1-14(19)9-16(10-14)12(17)8-15(2)13(18)11-6-4-3-5-7-11/h3-7,19H,8-10H2,1-2H3. The minimum Gasteiger partial charge on any atom is -0.386 e. The van der Waals surface area contributed by atoms with Crippen LogP contribution >= 0.6 is 0 Å². The van der Waals surface area contributed by atoms with Crippen LogP contribution in [0.5, 0.6) is 0 Å². The van der Waals surface area contributed by atoms with Gasteiger partial charge < -0.3 is 14.9 Å². The van der Waals surface area contributed by atoms with Crippen LogP contribution in [0.4, 0.5) is 0 Å². The Morgan fingerprint density at radius 2 is 1.89 bits per heavy atom. The largest absolute Gasteiger partial charge is 0.386 e. The molecular formula is C14H18N2O3. The Morgan fingerprint density at radius 3 is 2.42 bits per heavy atom. The van der Waals surface area contributed by atoms with E-state index in [9.17, 15) is 14.7 Å². The number of amides is 2. The van der Waals surface area contributed by atoms with E-state index in [-0.39, 0.29) is 18.4 Å². The Morgan fingerprint density at radius 1 is 1.32 bits per heavy atom. The summed E-state index contributed by atoms with van der Waals surface area (Å²) in [5.41, 5.74) is -0.217. The Kier molecular flexibility index (Phi) is 3.57. The summed E-state index contributed by atoms with van der Waals surface area (Å²) in [6.07, 6.45) is 0. The molecule has 0 unspecified atom stereocenters. The molecule has 1 aliphatic heterocycles. The lowest BCUT2D eigenvalue weighted by Crippen LogP contribution is -2.63. The summed E-state index contributed by atoms with van der Waals surface area (Å²) >= 11 is 0. The van der Waals surface area contributed by atoms with Gasteiger partial charge in [-0.15, -0.1) is 0 Å². The Balaban J connectivity index is 1.89. The molecule has 0 aliphatic carbocycles. The average molecular weight is 262 g/mol. The lowest BCUT2D eigenvalue weighted by molar-refractivity contribution is -0.152. The molecule has 2 amide bonds. The molecule has 2 rings (SSSR count). The van der Waals surface area contributed by atoms with Crippen LogP contribution in [0.1, 0.15) is 17.3 Å². The van der Waals surface area contributed by atoms with Crippen LogP contribution in [0.2, 0.25) is 0 Å². The van der Waals surface area contributed by atoms with Crippen LogP contribution in [0.3, 0.4) is 0 Å². The van der Waals surface area contributed by atoms with Crippen LogP contribution in [0, 0.1) is 0 Å². The minimum atomic E-state index is -0.780. The van der Waals surface area contributed by atoms with Gasteiger partial charge in [-0.05, 0) is 19.1 Å². The predicted octanol–water partition coefficient (Wildman–Crippen LogP) is 0.352. The van der Waals surface area contributed by atoms with Gasteiger partial charge in [0.25, 0.3) is 5.91 Å². The molecule has 19 heavy (non-hydrogen) atoms. The zero-order valence-electron chi connectivity index (χ0n) is 11.2. The number of benzene rings is 1. The molecule has 1 aromatic rings. The first-order valence-corrected chi connectivity index (χ1v) is 6.20. The first kappa shape index (κ1) is 13.5. The van der Waals surface area contributed by atoms with Gasteiger partial charge in [-0.3, -0.25) is 9.59 Å². The molecule has 0 radical (unpaired) electrons. The summed E-state index contributed by atoms with van der Waals surface area (Å²) in [5.74, 6) is -0.320. The lowest BCUT2D eigenvalue weighted by atomic mass is 9.97. The maximum atomic E-state index is 12.0. The van der Waals surface area contributed by atoms with Crippen LogP contribution in [0.15, 0.2) is 30.3 Å². The number of likely N-dealkylation sites (N-methyl/N-ethyl adjacent to an activating group) is 1. The van der Waals surface area contributed by atoms with Crippen molar-refractivity contribution in [1.29, 1.82) is 0 Å². The molecule has 5 nitrogen and oxygen atoms in total. The van der Waals surface area contributed by atoms with E-state index in [4.69, 9.17) is 0 Å². The third kappa shape index (κ3) is 3.12. The number of nitrogens with zero attached hydrogens (tertiary/aromatic N) is 2. The second kappa shape index (κ2) is 5.01. The monoisotopic (exact) mass is 262 g/mol. The zero-order chi connectivity index (χ0) is 14.0. The van der Waals surface area contributed by atoms with Crippen molar-refractivity contribution in [3.05, 3.63) is 35.9 Å². The van der Waals surface area contributed by atoms with E-state index in [0.717, 1.165) is 0 Å². The highest BCUT2D eigenvalue weighted by molar-refractivity contribution is 5.96. The molecule has 0 saturated carbocycles. The van der Waals surface area contributed by atoms with E-state index in [1.165, 1.54) is 4.90 Å². The number of rotatable bonds is 3. The number of likely N-dealkylation sites (tertiary alicyclic amines) is 1. The molecule has 1 heterocycles. The second-order valence-corrected chi connectivity index (χ2v) is 5.27. The maximum Gasteiger partial charge on any atom is 0.254 e. The molecule has 1 saturated heterocycles. The van der Waals surface area contributed by atoms with Crippen molar-refractivity contribution < 1.29 is 14.7 Å². The fraction of sp³-hybridized carbons (Fsp3) is 0.429. The highest BCUT2D eigenvalue weighted by Crippen LogP contribution is 2.19. The molecule has 102 valence electrons. The van der Waals surface area contributed by atoms with E-state index >= 15 is 0 Å². The van der Waals surface area contributed by atoms with E-state index in [0.29, 0.717) is 18.7 Å². The van der Waals surface area contributed by atoms with Gasteiger partial charge in [-0.1, -0.05) is 18.2 Å². The highest BCUT2D eigenvalue weighted by Gasteiger charge is 2.39. The molecule has 0 aromatic heterocycles. The van der Waals surface area contributed by atoms with Crippen LogP contribution in [-0.2, 0) is 4.79 Å². The number of carbonyl (C=O) groups is 2. The maximum absolute atomic E-state index is 12.0. The van der Waals surface area contributed by atoms with Gasteiger partial charge >= 0.3 is 0 Å². The lowest BCUT2D eigenvalue weighted by Gasteiger charge is -2.44. The Bertz CT molecular complexity index is 477. The first-order valence-electron chi connectivity index (χ1n) is 6.20. The SMILES string of the molecule is CN(CC(=O)N1CC(C)(O)C1)C(=O)c1ccccc1. The van der Waals surface area contributed by atoms with Gasteiger partial charge in [-0.2, -0.15) is 0 Å². The number of β-amino-alcohol motifs (C(OH)–C–C–N with tert-alkyl or cyclic N) is 1. The summed E-state index contributed by atoms with van der Waals surface area (Å²) in [4.78, 5) is 26.9. The van der Waals surface area contributed by atoms with Crippen molar-refractivity contribution in [2.24, 2.45) is 0 Å². The van der Waals surface area contributed by atoms with Crippen LogP contribution in [-0.4, -0.2) is 59.0 Å². The number of aliphatic hydroxyl groups is 1. The van der Waals surface area contributed by atoms with Crippen molar-refractivity contribution in [2.75, 3.05) is 26.7 Å². The van der Waals surface area contributed by atoms with Gasteiger partial charge in [0, 0.05) is 12.6 Å². The van der Waals surface area contributed by atoms with Crippen molar-refractivity contribution in [3.63, 3.8) is 0 Å². The molecular weight excluding hydrogens is 244 g/mol. The topological polar surface area (TPSA) is 60.9 Å². The average Bonchev–Trinajstić information content (AvgIpc) is 2.35. The summed E-state index contributed by atoms with van der Waals surface area (Å²) < 4.78 is 0. The van der Waals surface area contributed by atoms with E-state index in [2.05, 4.69) is 0 Å². The smallest absolute Gasteiger partial charge is 0.254 e. The second-order valence-electron chi connectivity index (χ2n) is 5.27. The number of hydrogen-bond donors (Lipinski definition) is 1. The molecule has 1 aliphatic rings. The Labute approximate surface area is 112 Å². The third-order valence-corrected chi connectivity index (χ3v) is 3.16. The van der Waals surface area contributed by atoms with Crippen molar-refractivity contribution in [2.45, 2.75) is 12.5 Å². The quantitative estimate of drug-likeness (QED) is 0.855. The van der Waals surface area contributed by atoms with Crippen molar-refractivity contribution in [1.82, 2.24) is 9.80 Å². The van der Waals surface area contributed by atoms with Gasteiger partial charge in [0.2, 0.25) is 5.91 Å². The fourth-order valence-electron chi connectivity index (χ4n) is 2.13. The third-order valence-electron chi connectivity index (χ3n) is 3.16. The van der Waals surface area contributed by atoms with Crippen LogP contribution in [0.25, 0.3) is 0 Å². The molecule has 1 N–H and O–H groups in total. The van der Waals surface area contributed by atoms with Gasteiger partial charge in [-0.25, -0.2) is 0 Å². The molecule has 5 heteroatoms. The highest BCUT2D eigenvalue weighted by atomic mass is 16.3. The molecule has 1 fully saturated rings. The summed E-state index contributed by atoms with van der Waals surface area (Å²) in [5, 5.41) is 9.58. The minimum absolute atomic E-state index is 0.0316. The molecule has 1 aromatic carbocycles. The van der Waals surface area contributed by atoms with E-state index in [1.54, 1.807) is 43.1 Å². The summed E-state index contributed by atoms with van der Waals surface area (Å²) in [6, 6.07) is 8.85. The van der Waals surface area contributed by atoms with E-state index < -0.39 is 5.60 Å². The Hall–Kier alpha value is -1.88. The van der Waals surface area contributed by atoms with Gasteiger partial charge in [0.15, 0.2) is 0 Å². The molecule has 0 spiro atoms. The van der Waals surface area contributed by atoms with Crippen LogP contribution < -0.4 is 0 Å². The number of carbonyl (C=O) groups excluding carboxylic acids is 2. The van der Waals surface area contributed by atoms with Gasteiger partial charge in [0.1, 0.15) is 0 Å². The predicted molar refractivity (Wildman–Crippen MR) is 70.6 cm³/mol. The summed E-state index contributed by atoms with van der Waals surface area (Å²) in [6.45, 7) is 2.39. The van der Waals surface area contributed by atoms with Crippen molar-refractivity contribution >= 4 is 11.8 Å². The van der Waals surface area contributed by atoms with E-state index in [1.807, 2.05) is 6.07 Å². The molecule has 0 atom stereocenters. The fourth-order valence-corrected chi connectivity index (χ4v) is 2.13. The normalized spacial score (nSPS) is 16.7. The van der Waals surface area contributed by atoms with Crippen molar-refractivity contribution in [3.8, 4) is 0 Å². The zero-order valence-corrected chi connectivity index (χ0v) is 11.2.